The van der Waals surface area contributed by atoms with E-state index in [-0.39, 0.29) is 0 Å². The van der Waals surface area contributed by atoms with E-state index in [9.17, 15) is 13.2 Å². The zero-order valence-corrected chi connectivity index (χ0v) is 13.2. The molecule has 9 heteroatoms. The molecule has 0 aliphatic heterocycles. The normalized spacial score (nSPS) is 17.2. The van der Waals surface area contributed by atoms with Gasteiger partial charge in [0.05, 0.1) is 6.26 Å². The molecule has 0 radical (unpaired) electrons. The summed E-state index contributed by atoms with van der Waals surface area (Å²) in [6, 6.07) is 5.37. The highest BCUT2D eigenvalue weighted by Gasteiger charge is 2.30. The Morgan fingerprint density at radius 1 is 1.48 bits per heavy atom. The van der Waals surface area contributed by atoms with Gasteiger partial charge in [0.1, 0.15) is 11.8 Å². The standard InChI is InChI=1S/C14H16N4O4S/c1-23(20,21)22-10-6-5-8-11-7(10)3-2-4-9(11)17-12(8)13(19)18-14(15)16/h2-4,10,17H,5-6H2,1H3,(H4,15,16,18,19). The lowest BCUT2D eigenvalue weighted by Crippen LogP contribution is -2.36. The van der Waals surface area contributed by atoms with Crippen LogP contribution < -0.4 is 11.1 Å². The first-order chi connectivity index (χ1) is 10.8. The highest BCUT2D eigenvalue weighted by atomic mass is 32.2. The van der Waals surface area contributed by atoms with Crippen molar-refractivity contribution in [1.29, 1.82) is 5.41 Å². The summed E-state index contributed by atoms with van der Waals surface area (Å²) < 4.78 is 28.0. The van der Waals surface area contributed by atoms with E-state index in [0.717, 1.165) is 22.8 Å². The van der Waals surface area contributed by atoms with Crippen LogP contribution in [0.4, 0.5) is 0 Å². The first-order valence-corrected chi connectivity index (χ1v) is 8.75. The molecule has 2 aromatic rings. The van der Waals surface area contributed by atoms with Gasteiger partial charge in [0.2, 0.25) is 0 Å². The molecule has 0 fully saturated rings. The predicted octanol–water partition coefficient (Wildman–Crippen LogP) is 0.755. The number of aryl methyl sites for hydroxylation is 1. The van der Waals surface area contributed by atoms with E-state index in [0.29, 0.717) is 24.1 Å². The molecule has 1 aromatic carbocycles. The number of nitrogens with one attached hydrogen (secondary N) is 3. The maximum atomic E-state index is 12.2. The number of guanidine groups is 1. The van der Waals surface area contributed by atoms with Crippen molar-refractivity contribution in [3.8, 4) is 0 Å². The minimum absolute atomic E-state index is 0.334. The van der Waals surface area contributed by atoms with Gasteiger partial charge in [0, 0.05) is 10.9 Å². The number of rotatable bonds is 3. The van der Waals surface area contributed by atoms with Crippen molar-refractivity contribution in [1.82, 2.24) is 10.3 Å². The molecule has 1 amide bonds. The summed E-state index contributed by atoms with van der Waals surface area (Å²) in [5.74, 6) is -0.924. The minimum Gasteiger partial charge on any atom is -0.370 e. The molecule has 1 aromatic heterocycles. The second kappa shape index (κ2) is 5.36. The van der Waals surface area contributed by atoms with Gasteiger partial charge in [-0.05, 0) is 30.0 Å². The third kappa shape index (κ3) is 2.92. The summed E-state index contributed by atoms with van der Waals surface area (Å²) in [4.78, 5) is 15.2. The van der Waals surface area contributed by atoms with Crippen LogP contribution in [0, 0.1) is 5.41 Å². The molecule has 3 rings (SSSR count). The lowest BCUT2D eigenvalue weighted by atomic mass is 9.89. The number of hydrogen-bond donors (Lipinski definition) is 4. The number of benzene rings is 1. The van der Waals surface area contributed by atoms with Gasteiger partial charge in [-0.25, -0.2) is 0 Å². The van der Waals surface area contributed by atoms with Gasteiger partial charge in [-0.1, -0.05) is 12.1 Å². The number of nitrogens with two attached hydrogens (primary N) is 1. The molecule has 0 bridgehead atoms. The number of aromatic amines is 1. The predicted molar refractivity (Wildman–Crippen MR) is 84.7 cm³/mol. The fraction of sp³-hybridized carbons (Fsp3) is 0.286. The molecule has 1 aliphatic rings. The van der Waals surface area contributed by atoms with E-state index in [1.54, 1.807) is 18.2 Å². The van der Waals surface area contributed by atoms with Gasteiger partial charge in [-0.3, -0.25) is 19.7 Å². The van der Waals surface area contributed by atoms with Gasteiger partial charge < -0.3 is 10.7 Å². The average molecular weight is 336 g/mol. The lowest BCUT2D eigenvalue weighted by Gasteiger charge is -2.22. The Morgan fingerprint density at radius 3 is 2.87 bits per heavy atom. The first-order valence-electron chi connectivity index (χ1n) is 6.93. The highest BCUT2D eigenvalue weighted by Crippen LogP contribution is 2.39. The van der Waals surface area contributed by atoms with Gasteiger partial charge in [0.15, 0.2) is 5.96 Å². The monoisotopic (exact) mass is 336 g/mol. The van der Waals surface area contributed by atoms with Crippen LogP contribution in [0.3, 0.4) is 0 Å². The van der Waals surface area contributed by atoms with Crippen LogP contribution in [0.15, 0.2) is 18.2 Å². The summed E-state index contributed by atoms with van der Waals surface area (Å²) in [6.45, 7) is 0. The van der Waals surface area contributed by atoms with Crippen molar-refractivity contribution in [3.05, 3.63) is 35.0 Å². The van der Waals surface area contributed by atoms with Crippen molar-refractivity contribution < 1.29 is 17.4 Å². The second-order valence-corrected chi connectivity index (χ2v) is 7.04. The minimum atomic E-state index is -3.58. The van der Waals surface area contributed by atoms with Crippen LogP contribution in [-0.2, 0) is 20.7 Å². The Bertz CT molecular complexity index is 916. The van der Waals surface area contributed by atoms with Gasteiger partial charge in [-0.15, -0.1) is 0 Å². The molecule has 1 aliphatic carbocycles. The third-order valence-electron chi connectivity index (χ3n) is 3.73. The van der Waals surface area contributed by atoms with Crippen LogP contribution in [0.25, 0.3) is 10.9 Å². The Kier molecular flexibility index (Phi) is 3.61. The first kappa shape index (κ1) is 15.5. The number of amides is 1. The molecule has 1 atom stereocenters. The molecule has 1 heterocycles. The van der Waals surface area contributed by atoms with Crippen LogP contribution >= 0.6 is 0 Å². The lowest BCUT2D eigenvalue weighted by molar-refractivity contribution is 0.0970. The Morgan fingerprint density at radius 2 is 2.22 bits per heavy atom. The molecular weight excluding hydrogens is 320 g/mol. The fourth-order valence-electron chi connectivity index (χ4n) is 2.99. The summed E-state index contributed by atoms with van der Waals surface area (Å²) >= 11 is 0. The molecule has 1 unspecified atom stereocenters. The van der Waals surface area contributed by atoms with Crippen molar-refractivity contribution in [3.63, 3.8) is 0 Å². The van der Waals surface area contributed by atoms with E-state index < -0.39 is 28.1 Å². The summed E-state index contributed by atoms with van der Waals surface area (Å²) in [6.07, 6.45) is 1.38. The summed E-state index contributed by atoms with van der Waals surface area (Å²) in [5.41, 5.74) is 7.76. The average Bonchev–Trinajstić information content (AvgIpc) is 2.80. The number of carbonyl (C=O) groups is 1. The van der Waals surface area contributed by atoms with Crippen molar-refractivity contribution in [2.24, 2.45) is 5.73 Å². The van der Waals surface area contributed by atoms with E-state index in [2.05, 4.69) is 10.3 Å². The van der Waals surface area contributed by atoms with Gasteiger partial charge in [-0.2, -0.15) is 8.42 Å². The number of hydrogen-bond acceptors (Lipinski definition) is 5. The number of carbonyl (C=O) groups excluding carboxylic acids is 1. The zero-order valence-electron chi connectivity index (χ0n) is 12.3. The maximum absolute atomic E-state index is 12.2. The largest absolute Gasteiger partial charge is 0.370 e. The highest BCUT2D eigenvalue weighted by molar-refractivity contribution is 7.86. The quantitative estimate of drug-likeness (QED) is 0.372. The van der Waals surface area contributed by atoms with E-state index >= 15 is 0 Å². The molecule has 23 heavy (non-hydrogen) atoms. The molecule has 0 spiro atoms. The third-order valence-corrected chi connectivity index (χ3v) is 4.31. The van der Waals surface area contributed by atoms with Crippen LogP contribution in [0.2, 0.25) is 0 Å². The SMILES string of the molecule is CS(=O)(=O)OC1CCc2c(C(=O)NC(=N)N)[nH]c3cccc1c23. The molecule has 5 N–H and O–H groups in total. The maximum Gasteiger partial charge on any atom is 0.274 e. The van der Waals surface area contributed by atoms with Crippen LogP contribution in [0.5, 0.6) is 0 Å². The van der Waals surface area contributed by atoms with Crippen molar-refractivity contribution in [2.45, 2.75) is 18.9 Å². The summed E-state index contributed by atoms with van der Waals surface area (Å²) in [5, 5.41) is 10.2. The molecule has 122 valence electrons. The second-order valence-electron chi connectivity index (χ2n) is 5.44. The number of aromatic nitrogens is 1. The van der Waals surface area contributed by atoms with Crippen molar-refractivity contribution >= 4 is 32.9 Å². The Hall–Kier alpha value is -2.39. The zero-order chi connectivity index (χ0) is 16.8. The van der Waals surface area contributed by atoms with E-state index in [4.69, 9.17) is 15.3 Å². The van der Waals surface area contributed by atoms with Crippen LogP contribution in [0.1, 0.15) is 34.1 Å². The topological polar surface area (TPSA) is 138 Å². The molecule has 0 saturated heterocycles. The molecule has 0 saturated carbocycles. The van der Waals surface area contributed by atoms with Crippen LogP contribution in [-0.4, -0.2) is 31.5 Å². The van der Waals surface area contributed by atoms with E-state index in [1.165, 1.54) is 0 Å². The van der Waals surface area contributed by atoms with E-state index in [1.807, 2.05) is 0 Å². The number of H-pyrrole nitrogens is 1. The Balaban J connectivity index is 2.11. The van der Waals surface area contributed by atoms with Gasteiger partial charge in [0.25, 0.3) is 16.0 Å². The molecular formula is C14H16N4O4S. The van der Waals surface area contributed by atoms with Gasteiger partial charge >= 0.3 is 0 Å². The smallest absolute Gasteiger partial charge is 0.274 e. The molecule has 8 nitrogen and oxygen atoms in total. The summed E-state index contributed by atoms with van der Waals surface area (Å²) in [7, 11) is -3.58. The van der Waals surface area contributed by atoms with Crippen molar-refractivity contribution in [2.75, 3.05) is 6.26 Å². The fourth-order valence-corrected chi connectivity index (χ4v) is 3.61. The Labute approximate surface area is 132 Å².